The Hall–Kier alpha value is -2.10. The molecule has 0 fully saturated rings. The number of fused-ring (bicyclic) bond motifs is 1. The van der Waals surface area contributed by atoms with Gasteiger partial charge in [-0.05, 0) is 59.6 Å². The first-order chi connectivity index (χ1) is 11.3. The minimum Gasteiger partial charge on any atom is -0.423 e. The summed E-state index contributed by atoms with van der Waals surface area (Å²) in [4.78, 5) is 0. The van der Waals surface area contributed by atoms with Crippen LogP contribution in [-0.2, 0) is 17.4 Å². The molecule has 0 bridgehead atoms. The molecule has 1 aliphatic heterocycles. The first-order valence-corrected chi connectivity index (χ1v) is 7.41. The highest BCUT2D eigenvalue weighted by atomic mass is 32.1. The van der Waals surface area contributed by atoms with Crippen LogP contribution in [0, 0.1) is 0 Å². The van der Waals surface area contributed by atoms with Crippen molar-refractivity contribution in [3.63, 3.8) is 0 Å². The predicted octanol–water partition coefficient (Wildman–Crippen LogP) is 2.73. The zero-order chi connectivity index (χ0) is 17.3. The second-order valence-electron chi connectivity index (χ2n) is 5.23. The molecule has 2 aromatic rings. The molecule has 24 heavy (non-hydrogen) atoms. The molecule has 0 radical (unpaired) electrons. The van der Waals surface area contributed by atoms with Crippen molar-refractivity contribution < 1.29 is 22.8 Å². The molecule has 0 saturated heterocycles. The van der Waals surface area contributed by atoms with E-state index in [-0.39, 0.29) is 5.11 Å². The third-order valence-electron chi connectivity index (χ3n) is 3.54. The predicted molar refractivity (Wildman–Crippen MR) is 90.1 cm³/mol. The van der Waals surface area contributed by atoms with Crippen LogP contribution in [0.2, 0.25) is 0 Å². The van der Waals surface area contributed by atoms with Crippen molar-refractivity contribution in [2.45, 2.75) is 12.8 Å². The maximum Gasteiger partial charge on any atom is 0.491 e. The monoisotopic (exact) mass is 352 g/mol. The number of halogens is 3. The number of thiocarbonyl (C=S) groups is 1. The van der Waals surface area contributed by atoms with Crippen molar-refractivity contribution in [1.82, 2.24) is 0 Å². The van der Waals surface area contributed by atoms with Crippen LogP contribution < -0.4 is 16.1 Å². The molecule has 0 aliphatic carbocycles. The molecule has 0 spiro atoms. The van der Waals surface area contributed by atoms with E-state index in [0.29, 0.717) is 23.4 Å². The molecule has 0 amide bonds. The highest BCUT2D eigenvalue weighted by Crippen LogP contribution is 2.29. The summed E-state index contributed by atoms with van der Waals surface area (Å²) < 4.78 is 42.7. The Morgan fingerprint density at radius 2 is 1.71 bits per heavy atom. The van der Waals surface area contributed by atoms with Crippen molar-refractivity contribution in [1.29, 1.82) is 0 Å². The molecule has 1 heterocycles. The van der Waals surface area contributed by atoms with Crippen LogP contribution in [0.4, 0.5) is 24.5 Å². The number of nitrogens with one attached hydrogen (secondary N) is 2. The highest BCUT2D eigenvalue weighted by Gasteiger charge is 2.30. The lowest BCUT2D eigenvalue weighted by Gasteiger charge is -2.12. The van der Waals surface area contributed by atoms with Crippen LogP contribution in [0.15, 0.2) is 42.5 Å². The van der Waals surface area contributed by atoms with Gasteiger partial charge in [0.2, 0.25) is 0 Å². The van der Waals surface area contributed by atoms with Gasteiger partial charge in [-0.2, -0.15) is 13.2 Å². The van der Waals surface area contributed by atoms with Gasteiger partial charge in [0.1, 0.15) is 0 Å². The quantitative estimate of drug-likeness (QED) is 0.573. The van der Waals surface area contributed by atoms with Gasteiger partial charge in [-0.15, -0.1) is 0 Å². The molecule has 0 unspecified atom stereocenters. The number of anilines is 2. The van der Waals surface area contributed by atoms with E-state index in [1.54, 1.807) is 12.1 Å². The minimum absolute atomic E-state index is 0.225. The minimum atomic E-state index is -4.37. The topological polar surface area (TPSA) is 53.5 Å². The molecule has 4 nitrogen and oxygen atoms in total. The summed E-state index contributed by atoms with van der Waals surface area (Å²) in [5, 5.41) is 15.6. The van der Waals surface area contributed by atoms with Crippen LogP contribution in [-0.4, -0.2) is 17.3 Å². The Balaban J connectivity index is 1.65. The van der Waals surface area contributed by atoms with Crippen LogP contribution in [0.25, 0.3) is 0 Å². The number of rotatable bonds is 2. The average Bonchev–Trinajstić information content (AvgIpc) is 2.88. The lowest BCUT2D eigenvalue weighted by atomic mass is 9.79. The molecule has 0 atom stereocenters. The lowest BCUT2D eigenvalue weighted by molar-refractivity contribution is -0.137. The van der Waals surface area contributed by atoms with Crippen molar-refractivity contribution >= 4 is 41.3 Å². The van der Waals surface area contributed by atoms with Gasteiger partial charge in [-0.3, -0.25) is 0 Å². The normalized spacial score (nSPS) is 13.6. The third-order valence-corrected chi connectivity index (χ3v) is 3.74. The van der Waals surface area contributed by atoms with E-state index in [1.807, 2.05) is 6.07 Å². The molecular weight excluding hydrogens is 340 g/mol. The van der Waals surface area contributed by atoms with E-state index in [0.717, 1.165) is 17.7 Å². The van der Waals surface area contributed by atoms with Crippen LogP contribution in [0.5, 0.6) is 0 Å². The van der Waals surface area contributed by atoms with Crippen molar-refractivity contribution in [3.05, 3.63) is 53.6 Å². The first-order valence-electron chi connectivity index (χ1n) is 7.01. The van der Waals surface area contributed by atoms with E-state index in [4.69, 9.17) is 16.9 Å². The summed E-state index contributed by atoms with van der Waals surface area (Å²) in [5.41, 5.74) is 1.92. The summed E-state index contributed by atoms with van der Waals surface area (Å²) in [7, 11) is -0.960. The van der Waals surface area contributed by atoms with Gasteiger partial charge in [0.25, 0.3) is 0 Å². The first kappa shape index (κ1) is 16.8. The fourth-order valence-electron chi connectivity index (χ4n) is 2.33. The zero-order valence-electron chi connectivity index (χ0n) is 12.2. The Morgan fingerprint density at radius 1 is 1.08 bits per heavy atom. The van der Waals surface area contributed by atoms with Crippen LogP contribution in [0.3, 0.4) is 0 Å². The molecule has 2 aromatic carbocycles. The number of benzene rings is 2. The lowest BCUT2D eigenvalue weighted by Crippen LogP contribution is -2.29. The molecule has 3 rings (SSSR count). The molecule has 3 N–H and O–H groups in total. The van der Waals surface area contributed by atoms with E-state index in [1.165, 1.54) is 12.1 Å². The van der Waals surface area contributed by atoms with Crippen molar-refractivity contribution in [3.8, 4) is 0 Å². The maximum atomic E-state index is 12.5. The Labute approximate surface area is 141 Å². The van der Waals surface area contributed by atoms with E-state index < -0.39 is 18.9 Å². The SMILES string of the molecule is OB1OCc2ccc(NC(=S)Nc3ccc(C(F)(F)F)cc3)cc21. The van der Waals surface area contributed by atoms with Crippen LogP contribution in [0.1, 0.15) is 11.1 Å². The molecule has 0 aromatic heterocycles. The Kier molecular flexibility index (Phi) is 4.48. The van der Waals surface area contributed by atoms with Crippen LogP contribution >= 0.6 is 12.2 Å². The van der Waals surface area contributed by atoms with E-state index in [2.05, 4.69) is 10.6 Å². The van der Waals surface area contributed by atoms with E-state index in [9.17, 15) is 18.2 Å². The summed E-state index contributed by atoms with van der Waals surface area (Å²) in [6.07, 6.45) is -4.37. The van der Waals surface area contributed by atoms with Gasteiger partial charge in [0.15, 0.2) is 5.11 Å². The number of alkyl halides is 3. The van der Waals surface area contributed by atoms with Gasteiger partial charge >= 0.3 is 13.3 Å². The third kappa shape index (κ3) is 3.69. The van der Waals surface area contributed by atoms with Gasteiger partial charge in [-0.1, -0.05) is 6.07 Å². The summed E-state index contributed by atoms with van der Waals surface area (Å²) >= 11 is 5.14. The molecule has 0 saturated carbocycles. The largest absolute Gasteiger partial charge is 0.491 e. The summed E-state index contributed by atoms with van der Waals surface area (Å²) in [5.74, 6) is 0. The van der Waals surface area contributed by atoms with Gasteiger partial charge in [-0.25, -0.2) is 0 Å². The number of hydrogen-bond acceptors (Lipinski definition) is 3. The molecule has 1 aliphatic rings. The second-order valence-corrected chi connectivity index (χ2v) is 5.64. The highest BCUT2D eigenvalue weighted by molar-refractivity contribution is 7.80. The smallest absolute Gasteiger partial charge is 0.423 e. The summed E-state index contributed by atoms with van der Waals surface area (Å²) in [6.45, 7) is 0.352. The van der Waals surface area contributed by atoms with Gasteiger partial charge in [0.05, 0.1) is 12.2 Å². The number of hydrogen-bond donors (Lipinski definition) is 3. The zero-order valence-corrected chi connectivity index (χ0v) is 13.0. The second kappa shape index (κ2) is 6.42. The van der Waals surface area contributed by atoms with E-state index >= 15 is 0 Å². The fourth-order valence-corrected chi connectivity index (χ4v) is 2.56. The van der Waals surface area contributed by atoms with Gasteiger partial charge in [0, 0.05) is 11.4 Å². The average molecular weight is 352 g/mol. The molecule has 9 heteroatoms. The molecular formula is C15H12BF3N2O2S. The summed E-state index contributed by atoms with van der Waals surface area (Å²) in [6, 6.07) is 9.87. The molecule has 124 valence electrons. The van der Waals surface area contributed by atoms with Crippen molar-refractivity contribution in [2.75, 3.05) is 10.6 Å². The Morgan fingerprint density at radius 3 is 2.38 bits per heavy atom. The maximum absolute atomic E-state index is 12.5. The van der Waals surface area contributed by atoms with Gasteiger partial charge < -0.3 is 20.3 Å². The van der Waals surface area contributed by atoms with Crippen molar-refractivity contribution in [2.24, 2.45) is 0 Å². The standard InChI is InChI=1S/C15H12BF3N2O2S/c17-15(18,19)10-2-5-11(6-3-10)20-14(24)21-12-4-1-9-8-23-16(22)13(9)7-12/h1-7,22H,8H2,(H2,20,21,24). The fraction of sp³-hybridized carbons (Fsp3) is 0.133. The Bertz CT molecular complexity index is 768.